The van der Waals surface area contributed by atoms with Crippen LogP contribution in [-0.2, 0) is 0 Å². The minimum absolute atomic E-state index is 0.677. The molecule has 4 aromatic rings. The summed E-state index contributed by atoms with van der Waals surface area (Å²) in [6, 6.07) is 17.9. The molecule has 1 aliphatic rings. The number of rotatable bonds is 5. The van der Waals surface area contributed by atoms with Crippen LogP contribution in [-0.4, -0.2) is 27.0 Å². The van der Waals surface area contributed by atoms with Crippen LogP contribution in [0.25, 0.3) is 21.6 Å². The molecule has 1 atom stereocenters. The van der Waals surface area contributed by atoms with Crippen LogP contribution in [0.5, 0.6) is 0 Å². The highest BCUT2D eigenvalue weighted by Gasteiger charge is 2.23. The van der Waals surface area contributed by atoms with E-state index in [9.17, 15) is 5.11 Å². The maximum absolute atomic E-state index is 11.2. The molecule has 1 unspecified atom stereocenters. The number of thiophene rings is 1. The van der Waals surface area contributed by atoms with E-state index in [1.807, 2.05) is 54.7 Å². The Morgan fingerprint density at radius 2 is 1.70 bits per heavy atom. The third-order valence-corrected chi connectivity index (χ3v) is 6.30. The molecule has 0 radical (unpaired) electrons. The number of hydrogen-bond donors (Lipinski definition) is 1. The zero-order chi connectivity index (χ0) is 20.3. The SMILES string of the molecule is OC(c1ccc(-c2cccnc2)cc1)c1cc(-c2ccncc2)sc1C1=NN=CC1. The molecule has 0 amide bonds. The Hall–Kier alpha value is -3.48. The standard InChI is InChI=1S/C24H18N4OS/c29-23(18-5-3-16(4-6-18)19-2-1-10-26-15-19)20-14-22(17-7-11-25-12-8-17)30-24(20)21-9-13-27-28-21/h1-8,10-15,23,29H,9H2. The number of hydrogen-bond acceptors (Lipinski definition) is 6. The largest absolute Gasteiger partial charge is 0.384 e. The smallest absolute Gasteiger partial charge is 0.106 e. The molecular weight excluding hydrogens is 392 g/mol. The van der Waals surface area contributed by atoms with Crippen molar-refractivity contribution < 1.29 is 5.11 Å². The normalized spacial score (nSPS) is 14.0. The van der Waals surface area contributed by atoms with Crippen molar-refractivity contribution in [3.63, 3.8) is 0 Å². The molecule has 4 heterocycles. The molecule has 1 aliphatic heterocycles. The lowest BCUT2D eigenvalue weighted by Gasteiger charge is -2.13. The summed E-state index contributed by atoms with van der Waals surface area (Å²) < 4.78 is 0. The number of benzene rings is 1. The highest BCUT2D eigenvalue weighted by atomic mass is 32.1. The van der Waals surface area contributed by atoms with E-state index < -0.39 is 6.10 Å². The third-order valence-electron chi connectivity index (χ3n) is 5.05. The van der Waals surface area contributed by atoms with Crippen molar-refractivity contribution in [1.29, 1.82) is 0 Å². The summed E-state index contributed by atoms with van der Waals surface area (Å²) in [6.07, 6.45) is 8.86. The third kappa shape index (κ3) is 3.58. The summed E-state index contributed by atoms with van der Waals surface area (Å²) in [5.74, 6) is 0. The molecule has 5 nitrogen and oxygen atoms in total. The first-order chi connectivity index (χ1) is 14.8. The van der Waals surface area contributed by atoms with Gasteiger partial charge in [-0.25, -0.2) is 0 Å². The lowest BCUT2D eigenvalue weighted by atomic mass is 9.97. The van der Waals surface area contributed by atoms with Crippen LogP contribution in [0.3, 0.4) is 0 Å². The fourth-order valence-electron chi connectivity index (χ4n) is 3.48. The van der Waals surface area contributed by atoms with Gasteiger partial charge >= 0.3 is 0 Å². The second kappa shape index (κ2) is 8.10. The van der Waals surface area contributed by atoms with Crippen molar-refractivity contribution in [2.45, 2.75) is 12.5 Å². The minimum atomic E-state index is -0.752. The van der Waals surface area contributed by atoms with Gasteiger partial charge in [0.25, 0.3) is 0 Å². The monoisotopic (exact) mass is 410 g/mol. The van der Waals surface area contributed by atoms with Gasteiger partial charge in [0, 0.05) is 47.9 Å². The molecule has 0 spiro atoms. The van der Waals surface area contributed by atoms with E-state index in [0.717, 1.165) is 43.3 Å². The lowest BCUT2D eigenvalue weighted by molar-refractivity contribution is 0.220. The van der Waals surface area contributed by atoms with E-state index >= 15 is 0 Å². The van der Waals surface area contributed by atoms with Gasteiger partial charge in [-0.15, -0.1) is 11.3 Å². The van der Waals surface area contributed by atoms with Crippen molar-refractivity contribution in [1.82, 2.24) is 9.97 Å². The fraction of sp³-hybridized carbons (Fsp3) is 0.0833. The van der Waals surface area contributed by atoms with Gasteiger partial charge in [0.15, 0.2) is 0 Å². The van der Waals surface area contributed by atoms with Crippen molar-refractivity contribution in [3.8, 4) is 21.6 Å². The van der Waals surface area contributed by atoms with E-state index in [1.165, 1.54) is 0 Å². The first-order valence-electron chi connectivity index (χ1n) is 9.61. The van der Waals surface area contributed by atoms with Crippen LogP contribution in [0.4, 0.5) is 0 Å². The minimum Gasteiger partial charge on any atom is -0.384 e. The second-order valence-corrected chi connectivity index (χ2v) is 8.00. The molecule has 1 N–H and O–H groups in total. The summed E-state index contributed by atoms with van der Waals surface area (Å²) in [6.45, 7) is 0. The van der Waals surface area contributed by atoms with Gasteiger partial charge in [-0.2, -0.15) is 10.2 Å². The Bertz CT molecular complexity index is 1220. The summed E-state index contributed by atoms with van der Waals surface area (Å²) >= 11 is 1.63. The number of pyridine rings is 2. The van der Waals surface area contributed by atoms with Crippen molar-refractivity contribution in [2.24, 2.45) is 10.2 Å². The Morgan fingerprint density at radius 1 is 0.867 bits per heavy atom. The number of nitrogens with zero attached hydrogens (tertiary/aromatic N) is 4. The fourth-order valence-corrected chi connectivity index (χ4v) is 4.67. The van der Waals surface area contributed by atoms with Crippen molar-refractivity contribution in [3.05, 3.63) is 95.4 Å². The van der Waals surface area contributed by atoms with Crippen LogP contribution in [0.1, 0.15) is 28.5 Å². The van der Waals surface area contributed by atoms with E-state index in [-0.39, 0.29) is 0 Å². The zero-order valence-corrected chi connectivity index (χ0v) is 16.8. The highest BCUT2D eigenvalue weighted by Crippen LogP contribution is 2.38. The molecule has 0 saturated carbocycles. The number of aliphatic hydroxyl groups is 1. The molecule has 1 aromatic carbocycles. The Morgan fingerprint density at radius 3 is 2.40 bits per heavy atom. The quantitative estimate of drug-likeness (QED) is 0.496. The highest BCUT2D eigenvalue weighted by molar-refractivity contribution is 7.17. The Balaban J connectivity index is 1.51. The van der Waals surface area contributed by atoms with Gasteiger partial charge in [-0.05, 0) is 46.5 Å². The van der Waals surface area contributed by atoms with E-state index in [2.05, 4.69) is 26.2 Å². The molecule has 146 valence electrons. The first kappa shape index (κ1) is 18.5. The van der Waals surface area contributed by atoms with Gasteiger partial charge in [0.05, 0.1) is 10.6 Å². The molecule has 5 rings (SSSR count). The molecule has 3 aromatic heterocycles. The summed E-state index contributed by atoms with van der Waals surface area (Å²) in [5.41, 5.74) is 5.76. The predicted octanol–water partition coefficient (Wildman–Crippen LogP) is 5.13. The second-order valence-electron chi connectivity index (χ2n) is 6.95. The average molecular weight is 411 g/mol. The average Bonchev–Trinajstić information content (AvgIpc) is 3.50. The van der Waals surface area contributed by atoms with Gasteiger partial charge in [0.1, 0.15) is 6.10 Å². The Kier molecular flexibility index (Phi) is 5.01. The van der Waals surface area contributed by atoms with Crippen molar-refractivity contribution >= 4 is 23.3 Å². The zero-order valence-electron chi connectivity index (χ0n) is 16.0. The van der Waals surface area contributed by atoms with E-state index in [1.54, 1.807) is 36.1 Å². The summed E-state index contributed by atoms with van der Waals surface area (Å²) in [4.78, 5) is 10.3. The van der Waals surface area contributed by atoms with Crippen LogP contribution in [0.15, 0.2) is 89.6 Å². The molecule has 30 heavy (non-hydrogen) atoms. The predicted molar refractivity (Wildman–Crippen MR) is 121 cm³/mol. The Labute approximate surface area is 178 Å². The van der Waals surface area contributed by atoms with Gasteiger partial charge in [-0.3, -0.25) is 9.97 Å². The molecule has 0 fully saturated rings. The molecular formula is C24H18N4OS. The van der Waals surface area contributed by atoms with E-state index in [0.29, 0.717) is 6.42 Å². The van der Waals surface area contributed by atoms with Crippen LogP contribution in [0, 0.1) is 0 Å². The maximum Gasteiger partial charge on any atom is 0.106 e. The number of aliphatic hydroxyl groups excluding tert-OH is 1. The van der Waals surface area contributed by atoms with Crippen LogP contribution < -0.4 is 0 Å². The van der Waals surface area contributed by atoms with Gasteiger partial charge in [-0.1, -0.05) is 30.3 Å². The van der Waals surface area contributed by atoms with Gasteiger partial charge < -0.3 is 5.11 Å². The van der Waals surface area contributed by atoms with Crippen molar-refractivity contribution in [2.75, 3.05) is 0 Å². The molecule has 0 aliphatic carbocycles. The van der Waals surface area contributed by atoms with Gasteiger partial charge in [0.2, 0.25) is 0 Å². The summed E-state index contributed by atoms with van der Waals surface area (Å²) in [7, 11) is 0. The van der Waals surface area contributed by atoms with Crippen LogP contribution >= 0.6 is 11.3 Å². The topological polar surface area (TPSA) is 70.7 Å². The van der Waals surface area contributed by atoms with E-state index in [4.69, 9.17) is 0 Å². The molecule has 6 heteroatoms. The lowest BCUT2D eigenvalue weighted by Crippen LogP contribution is -2.05. The molecule has 0 saturated heterocycles. The first-order valence-corrected chi connectivity index (χ1v) is 10.4. The summed E-state index contributed by atoms with van der Waals surface area (Å²) in [5, 5.41) is 19.5. The number of aromatic nitrogens is 2. The maximum atomic E-state index is 11.2. The van der Waals surface area contributed by atoms with Crippen LogP contribution in [0.2, 0.25) is 0 Å². The molecule has 0 bridgehead atoms.